The summed E-state index contributed by atoms with van der Waals surface area (Å²) < 4.78 is 0. The standard InChI is InChI=1S/C12H15NO2/c1-9(10(2)14)13-8-12(15)11-6-4-3-5-7-11/h3-7,9,13H,8H2,1-2H3. The van der Waals surface area contributed by atoms with Gasteiger partial charge in [0.25, 0.3) is 0 Å². The zero-order valence-electron chi connectivity index (χ0n) is 8.99. The Hall–Kier alpha value is -1.48. The van der Waals surface area contributed by atoms with Crippen LogP contribution in [0.3, 0.4) is 0 Å². The van der Waals surface area contributed by atoms with Crippen LogP contribution in [0.5, 0.6) is 0 Å². The number of Topliss-reactive ketones (excluding diaryl/α,β-unsaturated/α-hetero) is 2. The van der Waals surface area contributed by atoms with Gasteiger partial charge in [0.1, 0.15) is 5.78 Å². The van der Waals surface area contributed by atoms with Gasteiger partial charge in [-0.25, -0.2) is 0 Å². The minimum Gasteiger partial charge on any atom is -0.300 e. The highest BCUT2D eigenvalue weighted by atomic mass is 16.1. The summed E-state index contributed by atoms with van der Waals surface area (Å²) in [4.78, 5) is 22.5. The van der Waals surface area contributed by atoms with Crippen LogP contribution in [0, 0.1) is 0 Å². The molecule has 3 nitrogen and oxygen atoms in total. The highest BCUT2D eigenvalue weighted by molar-refractivity contribution is 5.97. The third-order valence-corrected chi connectivity index (χ3v) is 2.27. The van der Waals surface area contributed by atoms with Crippen LogP contribution in [0.4, 0.5) is 0 Å². The molecule has 1 unspecified atom stereocenters. The molecule has 1 aromatic rings. The highest BCUT2D eigenvalue weighted by Crippen LogP contribution is 1.99. The normalized spacial score (nSPS) is 12.1. The molecule has 0 aliphatic heterocycles. The summed E-state index contributed by atoms with van der Waals surface area (Å²) in [6.45, 7) is 3.45. The van der Waals surface area contributed by atoms with E-state index in [-0.39, 0.29) is 24.2 Å². The predicted octanol–water partition coefficient (Wildman–Crippen LogP) is 1.44. The van der Waals surface area contributed by atoms with Crippen LogP contribution >= 0.6 is 0 Å². The second-order valence-corrected chi connectivity index (χ2v) is 3.50. The number of ketones is 2. The fourth-order valence-corrected chi connectivity index (χ4v) is 1.12. The van der Waals surface area contributed by atoms with Crippen molar-refractivity contribution in [2.24, 2.45) is 0 Å². The van der Waals surface area contributed by atoms with Gasteiger partial charge in [0.05, 0.1) is 12.6 Å². The lowest BCUT2D eigenvalue weighted by molar-refractivity contribution is -0.118. The lowest BCUT2D eigenvalue weighted by Crippen LogP contribution is -2.36. The molecule has 0 saturated carbocycles. The van der Waals surface area contributed by atoms with E-state index >= 15 is 0 Å². The summed E-state index contributed by atoms with van der Waals surface area (Å²) in [6, 6.07) is 8.77. The van der Waals surface area contributed by atoms with E-state index in [0.29, 0.717) is 5.56 Å². The monoisotopic (exact) mass is 205 g/mol. The van der Waals surface area contributed by atoms with E-state index in [1.54, 1.807) is 19.1 Å². The molecule has 0 aromatic heterocycles. The number of hydrogen-bond acceptors (Lipinski definition) is 3. The maximum Gasteiger partial charge on any atom is 0.176 e. The van der Waals surface area contributed by atoms with E-state index in [0.717, 1.165) is 0 Å². The Balaban J connectivity index is 2.47. The zero-order chi connectivity index (χ0) is 11.3. The number of carbonyl (C=O) groups excluding carboxylic acids is 2. The molecule has 1 aromatic carbocycles. The number of nitrogens with one attached hydrogen (secondary N) is 1. The fourth-order valence-electron chi connectivity index (χ4n) is 1.12. The first-order chi connectivity index (χ1) is 7.11. The molecule has 1 atom stereocenters. The van der Waals surface area contributed by atoms with E-state index in [4.69, 9.17) is 0 Å². The Morgan fingerprint density at radius 3 is 2.40 bits per heavy atom. The lowest BCUT2D eigenvalue weighted by Gasteiger charge is -2.09. The first kappa shape index (κ1) is 11.6. The molecule has 0 aliphatic carbocycles. The molecule has 0 amide bonds. The van der Waals surface area contributed by atoms with Crippen molar-refractivity contribution in [1.29, 1.82) is 0 Å². The molecule has 0 heterocycles. The maximum atomic E-state index is 11.6. The Morgan fingerprint density at radius 2 is 1.87 bits per heavy atom. The van der Waals surface area contributed by atoms with Crippen LogP contribution in [0.2, 0.25) is 0 Å². The van der Waals surface area contributed by atoms with Gasteiger partial charge in [-0.2, -0.15) is 0 Å². The molecule has 1 rings (SSSR count). The average Bonchev–Trinajstić information content (AvgIpc) is 2.26. The minimum atomic E-state index is -0.266. The molecule has 1 N–H and O–H groups in total. The summed E-state index contributed by atoms with van der Waals surface area (Å²) in [5.74, 6) is 0.0413. The molecule has 15 heavy (non-hydrogen) atoms. The zero-order valence-corrected chi connectivity index (χ0v) is 8.99. The van der Waals surface area contributed by atoms with Gasteiger partial charge in [-0.15, -0.1) is 0 Å². The summed E-state index contributed by atoms with van der Waals surface area (Å²) >= 11 is 0. The van der Waals surface area contributed by atoms with Gasteiger partial charge in [0.2, 0.25) is 0 Å². The smallest absolute Gasteiger partial charge is 0.176 e. The SMILES string of the molecule is CC(=O)C(C)NCC(=O)c1ccccc1. The van der Waals surface area contributed by atoms with Crippen molar-refractivity contribution in [3.63, 3.8) is 0 Å². The number of carbonyl (C=O) groups is 2. The van der Waals surface area contributed by atoms with Gasteiger partial charge in [-0.05, 0) is 13.8 Å². The van der Waals surface area contributed by atoms with Gasteiger partial charge >= 0.3 is 0 Å². The van der Waals surface area contributed by atoms with E-state index < -0.39 is 0 Å². The summed E-state index contributed by atoms with van der Waals surface area (Å²) in [5, 5.41) is 2.88. The molecular weight excluding hydrogens is 190 g/mol. The fraction of sp³-hybridized carbons (Fsp3) is 0.333. The van der Waals surface area contributed by atoms with Gasteiger partial charge in [0.15, 0.2) is 5.78 Å². The second-order valence-electron chi connectivity index (χ2n) is 3.50. The van der Waals surface area contributed by atoms with Gasteiger partial charge in [-0.1, -0.05) is 30.3 Å². The van der Waals surface area contributed by atoms with Gasteiger partial charge < -0.3 is 5.32 Å². The Labute approximate surface area is 89.5 Å². The van der Waals surface area contributed by atoms with Gasteiger partial charge in [0, 0.05) is 5.56 Å². The first-order valence-corrected chi connectivity index (χ1v) is 4.93. The highest BCUT2D eigenvalue weighted by Gasteiger charge is 2.09. The Bertz CT molecular complexity index is 346. The van der Waals surface area contributed by atoms with E-state index in [9.17, 15) is 9.59 Å². The molecular formula is C12H15NO2. The number of rotatable bonds is 5. The van der Waals surface area contributed by atoms with Crippen LogP contribution < -0.4 is 5.32 Å². The molecule has 0 fully saturated rings. The van der Waals surface area contributed by atoms with Crippen molar-refractivity contribution in [3.05, 3.63) is 35.9 Å². The van der Waals surface area contributed by atoms with Crippen LogP contribution in [0.15, 0.2) is 30.3 Å². The van der Waals surface area contributed by atoms with Crippen LogP contribution in [-0.2, 0) is 4.79 Å². The molecule has 3 heteroatoms. The molecule has 80 valence electrons. The summed E-state index contributed by atoms with van der Waals surface area (Å²) in [7, 11) is 0. The Kier molecular flexibility index (Phi) is 4.18. The second kappa shape index (κ2) is 5.41. The van der Waals surface area contributed by atoms with E-state index in [2.05, 4.69) is 5.32 Å². The van der Waals surface area contributed by atoms with Crippen molar-refractivity contribution in [2.45, 2.75) is 19.9 Å². The number of hydrogen-bond donors (Lipinski definition) is 1. The molecule has 0 aliphatic rings. The van der Waals surface area contributed by atoms with E-state index in [1.165, 1.54) is 6.92 Å². The van der Waals surface area contributed by atoms with Crippen LogP contribution in [-0.4, -0.2) is 24.2 Å². The van der Waals surface area contributed by atoms with Crippen molar-refractivity contribution in [3.8, 4) is 0 Å². The first-order valence-electron chi connectivity index (χ1n) is 4.93. The molecule has 0 bridgehead atoms. The third-order valence-electron chi connectivity index (χ3n) is 2.27. The third kappa shape index (κ3) is 3.64. The average molecular weight is 205 g/mol. The molecule has 0 radical (unpaired) electrons. The minimum absolute atomic E-state index is 0.00343. The van der Waals surface area contributed by atoms with Gasteiger partial charge in [-0.3, -0.25) is 9.59 Å². The van der Waals surface area contributed by atoms with Crippen molar-refractivity contribution in [1.82, 2.24) is 5.32 Å². The van der Waals surface area contributed by atoms with Crippen molar-refractivity contribution in [2.75, 3.05) is 6.54 Å². The van der Waals surface area contributed by atoms with Crippen LogP contribution in [0.25, 0.3) is 0 Å². The summed E-state index contributed by atoms with van der Waals surface area (Å²) in [6.07, 6.45) is 0. The summed E-state index contributed by atoms with van der Waals surface area (Å²) in [5.41, 5.74) is 0.667. The molecule has 0 saturated heterocycles. The quantitative estimate of drug-likeness (QED) is 0.740. The molecule has 0 spiro atoms. The Morgan fingerprint density at radius 1 is 1.27 bits per heavy atom. The lowest BCUT2D eigenvalue weighted by atomic mass is 10.1. The topological polar surface area (TPSA) is 46.2 Å². The maximum absolute atomic E-state index is 11.6. The van der Waals surface area contributed by atoms with Crippen molar-refractivity contribution >= 4 is 11.6 Å². The number of benzene rings is 1. The predicted molar refractivity (Wildman–Crippen MR) is 58.9 cm³/mol. The largest absolute Gasteiger partial charge is 0.300 e. The van der Waals surface area contributed by atoms with Crippen molar-refractivity contribution < 1.29 is 9.59 Å². The van der Waals surface area contributed by atoms with E-state index in [1.807, 2.05) is 18.2 Å². The van der Waals surface area contributed by atoms with Crippen LogP contribution in [0.1, 0.15) is 24.2 Å².